The van der Waals surface area contributed by atoms with Crippen LogP contribution in [0.15, 0.2) is 12.5 Å². The number of nitrogens with zero attached hydrogens (tertiary/aromatic N) is 2. The predicted molar refractivity (Wildman–Crippen MR) is 46.7 cm³/mol. The van der Waals surface area contributed by atoms with Gasteiger partial charge in [-0.2, -0.15) is 0 Å². The zero-order chi connectivity index (χ0) is 8.81. The topological polar surface area (TPSA) is 50.1 Å². The molecule has 0 unspecified atom stereocenters. The molecule has 0 aliphatic heterocycles. The van der Waals surface area contributed by atoms with Crippen molar-refractivity contribution >= 4 is 0 Å². The van der Waals surface area contributed by atoms with E-state index in [1.807, 2.05) is 10.8 Å². The standard InChI is InChI=1S/C8H15N3O/c1-2-9-5-8-6-11(3-4-12)7-10-8/h6-7,9,12H,2-5H2,1H3. The van der Waals surface area contributed by atoms with Crippen molar-refractivity contribution in [3.05, 3.63) is 18.2 Å². The van der Waals surface area contributed by atoms with Gasteiger partial charge in [0.15, 0.2) is 0 Å². The summed E-state index contributed by atoms with van der Waals surface area (Å²) in [6, 6.07) is 0. The minimum atomic E-state index is 0.164. The Bertz CT molecular complexity index is 222. The number of aromatic nitrogens is 2. The predicted octanol–water partition coefficient (Wildman–Crippen LogP) is -0.0151. The van der Waals surface area contributed by atoms with Gasteiger partial charge < -0.3 is 15.0 Å². The zero-order valence-corrected chi connectivity index (χ0v) is 7.32. The quantitative estimate of drug-likeness (QED) is 0.651. The molecule has 0 saturated heterocycles. The molecule has 1 heterocycles. The van der Waals surface area contributed by atoms with E-state index in [9.17, 15) is 0 Å². The average molecular weight is 169 g/mol. The minimum Gasteiger partial charge on any atom is -0.395 e. The molecule has 1 aromatic heterocycles. The normalized spacial score (nSPS) is 10.5. The summed E-state index contributed by atoms with van der Waals surface area (Å²) in [7, 11) is 0. The van der Waals surface area contributed by atoms with Gasteiger partial charge in [0.05, 0.1) is 18.6 Å². The number of nitrogens with one attached hydrogen (secondary N) is 1. The lowest BCUT2D eigenvalue weighted by Crippen LogP contribution is -2.11. The van der Waals surface area contributed by atoms with E-state index in [0.29, 0.717) is 6.54 Å². The highest BCUT2D eigenvalue weighted by molar-refractivity contribution is 4.95. The van der Waals surface area contributed by atoms with Gasteiger partial charge in [-0.25, -0.2) is 4.98 Å². The molecule has 0 saturated carbocycles. The molecule has 2 N–H and O–H groups in total. The Morgan fingerprint density at radius 3 is 3.17 bits per heavy atom. The van der Waals surface area contributed by atoms with E-state index in [0.717, 1.165) is 18.8 Å². The Hall–Kier alpha value is -0.870. The molecule has 12 heavy (non-hydrogen) atoms. The maximum absolute atomic E-state index is 8.64. The van der Waals surface area contributed by atoms with Crippen molar-refractivity contribution in [1.29, 1.82) is 0 Å². The number of aliphatic hydroxyl groups excluding tert-OH is 1. The second kappa shape index (κ2) is 4.90. The molecule has 0 amide bonds. The molecule has 0 spiro atoms. The minimum absolute atomic E-state index is 0.164. The van der Waals surface area contributed by atoms with E-state index in [4.69, 9.17) is 5.11 Å². The SMILES string of the molecule is CCNCc1cn(CCO)cn1. The Kier molecular flexibility index (Phi) is 3.76. The number of hydrogen-bond donors (Lipinski definition) is 2. The molecule has 0 atom stereocenters. The third-order valence-corrected chi connectivity index (χ3v) is 1.60. The fraction of sp³-hybridized carbons (Fsp3) is 0.625. The van der Waals surface area contributed by atoms with Gasteiger partial charge in [0.2, 0.25) is 0 Å². The highest BCUT2D eigenvalue weighted by atomic mass is 16.3. The van der Waals surface area contributed by atoms with Crippen LogP contribution in [0.4, 0.5) is 0 Å². The molecule has 68 valence electrons. The van der Waals surface area contributed by atoms with Gasteiger partial charge in [0.25, 0.3) is 0 Å². The van der Waals surface area contributed by atoms with Crippen LogP contribution < -0.4 is 5.32 Å². The van der Waals surface area contributed by atoms with Crippen LogP contribution in [-0.4, -0.2) is 27.8 Å². The molecule has 0 radical (unpaired) electrons. The maximum Gasteiger partial charge on any atom is 0.0950 e. The number of imidazole rings is 1. The smallest absolute Gasteiger partial charge is 0.0950 e. The first-order valence-electron chi connectivity index (χ1n) is 4.19. The molecule has 0 bridgehead atoms. The van der Waals surface area contributed by atoms with Crippen LogP contribution >= 0.6 is 0 Å². The van der Waals surface area contributed by atoms with Crippen LogP contribution in [0.5, 0.6) is 0 Å². The summed E-state index contributed by atoms with van der Waals surface area (Å²) in [5, 5.41) is 11.8. The van der Waals surface area contributed by atoms with E-state index >= 15 is 0 Å². The fourth-order valence-corrected chi connectivity index (χ4v) is 0.989. The van der Waals surface area contributed by atoms with Gasteiger partial charge in [0.1, 0.15) is 0 Å². The summed E-state index contributed by atoms with van der Waals surface area (Å²) < 4.78 is 1.88. The Balaban J connectivity index is 2.41. The second-order valence-electron chi connectivity index (χ2n) is 2.61. The van der Waals surface area contributed by atoms with E-state index in [-0.39, 0.29) is 6.61 Å². The highest BCUT2D eigenvalue weighted by Crippen LogP contribution is 1.94. The van der Waals surface area contributed by atoms with Crippen LogP contribution in [0.3, 0.4) is 0 Å². The molecule has 1 aromatic rings. The third-order valence-electron chi connectivity index (χ3n) is 1.60. The Morgan fingerprint density at radius 1 is 1.67 bits per heavy atom. The lowest BCUT2D eigenvalue weighted by atomic mass is 10.4. The van der Waals surface area contributed by atoms with Crippen molar-refractivity contribution in [2.45, 2.75) is 20.0 Å². The molecule has 4 nitrogen and oxygen atoms in total. The summed E-state index contributed by atoms with van der Waals surface area (Å²) in [4.78, 5) is 4.16. The van der Waals surface area contributed by atoms with E-state index in [1.54, 1.807) is 6.33 Å². The zero-order valence-electron chi connectivity index (χ0n) is 7.32. The molecule has 0 aromatic carbocycles. The van der Waals surface area contributed by atoms with Crippen LogP contribution in [0.1, 0.15) is 12.6 Å². The maximum atomic E-state index is 8.64. The third kappa shape index (κ3) is 2.64. The summed E-state index contributed by atoms with van der Waals surface area (Å²) in [5.74, 6) is 0. The Labute approximate surface area is 72.2 Å². The van der Waals surface area contributed by atoms with Crippen molar-refractivity contribution in [3.63, 3.8) is 0 Å². The number of rotatable bonds is 5. The average Bonchev–Trinajstić information content (AvgIpc) is 2.50. The van der Waals surface area contributed by atoms with Gasteiger partial charge in [-0.3, -0.25) is 0 Å². The molecule has 4 heteroatoms. The van der Waals surface area contributed by atoms with Gasteiger partial charge in [-0.15, -0.1) is 0 Å². The fourth-order valence-electron chi connectivity index (χ4n) is 0.989. The molecular weight excluding hydrogens is 154 g/mol. The van der Waals surface area contributed by atoms with Crippen LogP contribution in [0, 0.1) is 0 Å². The monoisotopic (exact) mass is 169 g/mol. The van der Waals surface area contributed by atoms with Crippen LogP contribution in [0.25, 0.3) is 0 Å². The number of hydrogen-bond acceptors (Lipinski definition) is 3. The molecule has 0 aliphatic rings. The Morgan fingerprint density at radius 2 is 2.50 bits per heavy atom. The first kappa shape index (κ1) is 9.22. The molecule has 0 aliphatic carbocycles. The van der Waals surface area contributed by atoms with E-state index in [1.165, 1.54) is 0 Å². The van der Waals surface area contributed by atoms with Crippen molar-refractivity contribution in [2.24, 2.45) is 0 Å². The molecule has 1 rings (SSSR count). The number of aliphatic hydroxyl groups is 1. The second-order valence-corrected chi connectivity index (χ2v) is 2.61. The van der Waals surface area contributed by atoms with E-state index < -0.39 is 0 Å². The van der Waals surface area contributed by atoms with Crippen LogP contribution in [-0.2, 0) is 13.1 Å². The summed E-state index contributed by atoms with van der Waals surface area (Å²) in [6.07, 6.45) is 3.68. The van der Waals surface area contributed by atoms with Gasteiger partial charge in [-0.05, 0) is 6.54 Å². The molecular formula is C8H15N3O. The summed E-state index contributed by atoms with van der Waals surface area (Å²) in [6.45, 7) is 4.60. The first-order valence-corrected chi connectivity index (χ1v) is 4.19. The lowest BCUT2D eigenvalue weighted by Gasteiger charge is -1.96. The molecule has 0 fully saturated rings. The van der Waals surface area contributed by atoms with Crippen LogP contribution in [0.2, 0.25) is 0 Å². The van der Waals surface area contributed by atoms with Gasteiger partial charge >= 0.3 is 0 Å². The van der Waals surface area contributed by atoms with Gasteiger partial charge in [0, 0.05) is 19.3 Å². The van der Waals surface area contributed by atoms with Crippen molar-refractivity contribution < 1.29 is 5.11 Å². The summed E-state index contributed by atoms with van der Waals surface area (Å²) in [5.41, 5.74) is 1.02. The largest absolute Gasteiger partial charge is 0.395 e. The highest BCUT2D eigenvalue weighted by Gasteiger charge is 1.95. The summed E-state index contributed by atoms with van der Waals surface area (Å²) >= 11 is 0. The van der Waals surface area contributed by atoms with Gasteiger partial charge in [-0.1, -0.05) is 6.92 Å². The lowest BCUT2D eigenvalue weighted by molar-refractivity contribution is 0.276. The van der Waals surface area contributed by atoms with Crippen molar-refractivity contribution in [3.8, 4) is 0 Å². The first-order chi connectivity index (χ1) is 5.86. The van der Waals surface area contributed by atoms with E-state index in [2.05, 4.69) is 17.2 Å². The van der Waals surface area contributed by atoms with Crippen molar-refractivity contribution in [1.82, 2.24) is 14.9 Å². The van der Waals surface area contributed by atoms with Crippen molar-refractivity contribution in [2.75, 3.05) is 13.2 Å².